The lowest BCUT2D eigenvalue weighted by Crippen LogP contribution is -2.01. The van der Waals surface area contributed by atoms with Crippen molar-refractivity contribution in [3.63, 3.8) is 0 Å². The maximum absolute atomic E-state index is 2.44. The minimum Gasteiger partial charge on any atom is -0.0654 e. The molecule has 0 saturated heterocycles. The van der Waals surface area contributed by atoms with E-state index in [0.29, 0.717) is 5.92 Å². The van der Waals surface area contributed by atoms with Gasteiger partial charge < -0.3 is 0 Å². The van der Waals surface area contributed by atoms with E-state index >= 15 is 0 Å². The van der Waals surface area contributed by atoms with Gasteiger partial charge >= 0.3 is 0 Å². The van der Waals surface area contributed by atoms with Crippen LogP contribution < -0.4 is 0 Å². The molecule has 0 bridgehead atoms. The molecule has 3 aromatic carbocycles. The third-order valence-corrected chi connectivity index (χ3v) is 6.03. The van der Waals surface area contributed by atoms with Gasteiger partial charge in [-0.3, -0.25) is 0 Å². The highest BCUT2D eigenvalue weighted by atomic mass is 14.2. The number of rotatable bonds is 11. The molecule has 0 amide bonds. The van der Waals surface area contributed by atoms with Gasteiger partial charge in [0.05, 0.1) is 0 Å². The first-order valence-electron chi connectivity index (χ1n) is 11.2. The smallest absolute Gasteiger partial charge is 0.0143 e. The Kier molecular flexibility index (Phi) is 7.75. The van der Waals surface area contributed by atoms with Gasteiger partial charge in [0.2, 0.25) is 0 Å². The highest BCUT2D eigenvalue weighted by Gasteiger charge is 2.14. The number of hydrogen-bond donors (Lipinski definition) is 0. The van der Waals surface area contributed by atoms with E-state index in [1.165, 1.54) is 85.8 Å². The fraction of sp³-hybridized carbons (Fsp3) is 0.481. The Morgan fingerprint density at radius 3 is 1.81 bits per heavy atom. The second-order valence-corrected chi connectivity index (χ2v) is 8.16. The molecule has 0 aromatic heterocycles. The van der Waals surface area contributed by atoms with Crippen molar-refractivity contribution in [3.05, 3.63) is 60.2 Å². The molecule has 0 atom stereocenters. The third-order valence-electron chi connectivity index (χ3n) is 6.03. The predicted molar refractivity (Wildman–Crippen MR) is 122 cm³/mol. The van der Waals surface area contributed by atoms with Crippen molar-refractivity contribution in [2.45, 2.75) is 84.0 Å². The van der Waals surface area contributed by atoms with Gasteiger partial charge in [-0.05, 0) is 58.0 Å². The number of hydrogen-bond acceptors (Lipinski definition) is 0. The van der Waals surface area contributed by atoms with Crippen LogP contribution in [-0.2, 0) is 0 Å². The van der Waals surface area contributed by atoms with Crippen LogP contribution in [0.1, 0.15) is 89.5 Å². The molecule has 0 aliphatic rings. The van der Waals surface area contributed by atoms with Gasteiger partial charge in [-0.25, -0.2) is 0 Å². The lowest BCUT2D eigenvalue weighted by molar-refractivity contribution is 0.498. The zero-order valence-electron chi connectivity index (χ0n) is 17.3. The molecule has 3 aromatic rings. The van der Waals surface area contributed by atoms with Crippen LogP contribution in [0, 0.1) is 0 Å². The molecular formula is C27H36. The summed E-state index contributed by atoms with van der Waals surface area (Å²) < 4.78 is 0. The number of benzene rings is 3. The maximum Gasteiger partial charge on any atom is -0.0143 e. The topological polar surface area (TPSA) is 0 Å². The Morgan fingerprint density at radius 2 is 1.19 bits per heavy atom. The summed E-state index contributed by atoms with van der Waals surface area (Å²) in [5, 5.41) is 5.60. The molecule has 0 unspecified atom stereocenters. The molecule has 0 nitrogen and oxygen atoms in total. The minimum absolute atomic E-state index is 0.712. The highest BCUT2D eigenvalue weighted by Crippen LogP contribution is 2.35. The van der Waals surface area contributed by atoms with Crippen LogP contribution in [0.2, 0.25) is 0 Å². The van der Waals surface area contributed by atoms with E-state index in [1.807, 2.05) is 0 Å². The van der Waals surface area contributed by atoms with Crippen molar-refractivity contribution in [3.8, 4) is 0 Å². The molecule has 27 heavy (non-hydrogen) atoms. The van der Waals surface area contributed by atoms with E-state index in [0.717, 1.165) is 0 Å². The van der Waals surface area contributed by atoms with Crippen molar-refractivity contribution in [2.75, 3.05) is 0 Å². The van der Waals surface area contributed by atoms with E-state index < -0.39 is 0 Å². The third kappa shape index (κ3) is 5.34. The molecule has 0 heterocycles. The van der Waals surface area contributed by atoms with E-state index in [2.05, 4.69) is 68.4 Å². The van der Waals surface area contributed by atoms with Gasteiger partial charge in [0.25, 0.3) is 0 Å². The van der Waals surface area contributed by atoms with Crippen LogP contribution in [-0.4, -0.2) is 0 Å². The predicted octanol–water partition coefficient (Wildman–Crippen LogP) is 9.02. The highest BCUT2D eigenvalue weighted by molar-refractivity contribution is 5.99. The summed E-state index contributed by atoms with van der Waals surface area (Å²) in [6.45, 7) is 4.61. The summed E-state index contributed by atoms with van der Waals surface area (Å²) in [5.41, 5.74) is 1.59. The van der Waals surface area contributed by atoms with Crippen LogP contribution in [0.3, 0.4) is 0 Å². The van der Waals surface area contributed by atoms with E-state index in [1.54, 1.807) is 5.56 Å². The van der Waals surface area contributed by atoms with Crippen molar-refractivity contribution < 1.29 is 0 Å². The quantitative estimate of drug-likeness (QED) is 0.236. The molecule has 0 saturated carbocycles. The van der Waals surface area contributed by atoms with Crippen molar-refractivity contribution >= 4 is 21.5 Å². The second-order valence-electron chi connectivity index (χ2n) is 8.16. The van der Waals surface area contributed by atoms with Gasteiger partial charge in [-0.2, -0.15) is 0 Å². The normalized spacial score (nSPS) is 11.7. The number of unbranched alkanes of at least 4 members (excludes halogenated alkanes) is 6. The Hall–Kier alpha value is -1.82. The van der Waals surface area contributed by atoms with E-state index in [9.17, 15) is 0 Å². The SMILES string of the molecule is CCCCCCC(CCCCCC)c1cccc2cc3ccccc3cc12. The second kappa shape index (κ2) is 10.5. The molecule has 0 spiro atoms. The summed E-state index contributed by atoms with van der Waals surface area (Å²) in [7, 11) is 0. The first kappa shape index (κ1) is 19.9. The molecule has 0 aliphatic carbocycles. The van der Waals surface area contributed by atoms with Gasteiger partial charge in [-0.1, -0.05) is 108 Å². The van der Waals surface area contributed by atoms with Gasteiger partial charge in [0.1, 0.15) is 0 Å². The van der Waals surface area contributed by atoms with Crippen molar-refractivity contribution in [1.29, 1.82) is 0 Å². The Morgan fingerprint density at radius 1 is 0.593 bits per heavy atom. The van der Waals surface area contributed by atoms with Crippen LogP contribution >= 0.6 is 0 Å². The zero-order chi connectivity index (χ0) is 18.9. The Balaban J connectivity index is 1.88. The lowest BCUT2D eigenvalue weighted by atomic mass is 9.85. The summed E-state index contributed by atoms with van der Waals surface area (Å²) in [4.78, 5) is 0. The van der Waals surface area contributed by atoms with Crippen LogP contribution in [0.5, 0.6) is 0 Å². The fourth-order valence-electron chi connectivity index (χ4n) is 4.44. The first-order chi connectivity index (χ1) is 13.3. The molecule has 0 N–H and O–H groups in total. The van der Waals surface area contributed by atoms with Gasteiger partial charge in [0, 0.05) is 0 Å². The van der Waals surface area contributed by atoms with Crippen molar-refractivity contribution in [2.24, 2.45) is 0 Å². The summed E-state index contributed by atoms with van der Waals surface area (Å²) in [6.07, 6.45) is 13.6. The minimum atomic E-state index is 0.712. The Bertz CT molecular complexity index is 818. The average Bonchev–Trinajstić information content (AvgIpc) is 2.71. The summed E-state index contributed by atoms with van der Waals surface area (Å²) in [6, 6.07) is 20.6. The van der Waals surface area contributed by atoms with E-state index in [-0.39, 0.29) is 0 Å². The van der Waals surface area contributed by atoms with E-state index in [4.69, 9.17) is 0 Å². The first-order valence-corrected chi connectivity index (χ1v) is 11.2. The summed E-state index contributed by atoms with van der Waals surface area (Å²) in [5.74, 6) is 0.712. The zero-order valence-corrected chi connectivity index (χ0v) is 17.3. The average molecular weight is 361 g/mol. The van der Waals surface area contributed by atoms with Crippen LogP contribution in [0.15, 0.2) is 54.6 Å². The summed E-state index contributed by atoms with van der Waals surface area (Å²) >= 11 is 0. The fourth-order valence-corrected chi connectivity index (χ4v) is 4.44. The molecule has 0 radical (unpaired) electrons. The Labute approximate surface area is 166 Å². The molecule has 144 valence electrons. The molecule has 3 rings (SSSR count). The number of fused-ring (bicyclic) bond motifs is 2. The van der Waals surface area contributed by atoms with Gasteiger partial charge in [0.15, 0.2) is 0 Å². The molecule has 0 fully saturated rings. The maximum atomic E-state index is 2.44. The van der Waals surface area contributed by atoms with Crippen LogP contribution in [0.4, 0.5) is 0 Å². The standard InChI is InChI=1S/C27H36/c1-3-5-7-9-14-22(15-10-8-6-4-2)26-19-13-18-25-20-23-16-11-12-17-24(23)21-27(25)26/h11-13,16-22H,3-10,14-15H2,1-2H3. The molecule has 0 heteroatoms. The van der Waals surface area contributed by atoms with Crippen molar-refractivity contribution in [1.82, 2.24) is 0 Å². The lowest BCUT2D eigenvalue weighted by Gasteiger charge is -2.20. The molecule has 0 aliphatic heterocycles. The van der Waals surface area contributed by atoms with Gasteiger partial charge in [-0.15, -0.1) is 0 Å². The monoisotopic (exact) mass is 360 g/mol. The van der Waals surface area contributed by atoms with Crippen LogP contribution in [0.25, 0.3) is 21.5 Å². The largest absolute Gasteiger partial charge is 0.0654 e. The molecular weight excluding hydrogens is 324 g/mol.